The molecule has 0 aliphatic carbocycles. The molecule has 6 nitrogen and oxygen atoms in total. The summed E-state index contributed by atoms with van der Waals surface area (Å²) >= 11 is 0.794. The fourth-order valence-electron chi connectivity index (χ4n) is 2.12. The van der Waals surface area contributed by atoms with Gasteiger partial charge in [-0.25, -0.2) is 15.0 Å². The van der Waals surface area contributed by atoms with Crippen LogP contribution in [0.1, 0.15) is 11.3 Å². The van der Waals surface area contributed by atoms with Crippen LogP contribution in [0.4, 0.5) is 18.9 Å². The van der Waals surface area contributed by atoms with Crippen molar-refractivity contribution in [1.29, 1.82) is 0 Å². The molecule has 0 saturated heterocycles. The quantitative estimate of drug-likeness (QED) is 0.356. The Labute approximate surface area is 155 Å². The molecule has 0 spiro atoms. The van der Waals surface area contributed by atoms with Crippen molar-refractivity contribution in [2.75, 3.05) is 0 Å². The maximum Gasteiger partial charge on any atom is 0.433 e. The summed E-state index contributed by atoms with van der Waals surface area (Å²) in [5.74, 6) is 0. The van der Waals surface area contributed by atoms with Gasteiger partial charge in [-0.15, -0.1) is 0 Å². The summed E-state index contributed by atoms with van der Waals surface area (Å²) in [6.45, 7) is 1.87. The standard InChI is InChI=1S/C17H11F3N4O2S/c1-10-2-4-11(5-3-10)13-8-14(17(18,19)20)23-16(22-13)27-15-7-6-12(9-21-15)24(25)26/h2-9H,1H3. The lowest BCUT2D eigenvalue weighted by Gasteiger charge is -2.10. The molecule has 0 bridgehead atoms. The number of halogens is 3. The van der Waals surface area contributed by atoms with Crippen LogP contribution in [0.2, 0.25) is 0 Å². The van der Waals surface area contributed by atoms with E-state index in [9.17, 15) is 23.3 Å². The van der Waals surface area contributed by atoms with Crippen molar-refractivity contribution in [1.82, 2.24) is 15.0 Å². The highest BCUT2D eigenvalue weighted by molar-refractivity contribution is 7.99. The van der Waals surface area contributed by atoms with Crippen LogP contribution >= 0.6 is 11.8 Å². The lowest BCUT2D eigenvalue weighted by Crippen LogP contribution is -2.10. The first kappa shape index (κ1) is 18.8. The van der Waals surface area contributed by atoms with Crippen LogP contribution in [0, 0.1) is 17.0 Å². The zero-order valence-corrected chi connectivity index (χ0v) is 14.6. The number of hydrogen-bond donors (Lipinski definition) is 0. The third-order valence-electron chi connectivity index (χ3n) is 3.47. The molecule has 138 valence electrons. The minimum Gasteiger partial charge on any atom is -0.258 e. The first-order chi connectivity index (χ1) is 12.7. The topological polar surface area (TPSA) is 81.8 Å². The largest absolute Gasteiger partial charge is 0.433 e. The molecule has 3 aromatic rings. The van der Waals surface area contributed by atoms with Crippen LogP contribution < -0.4 is 0 Å². The number of nitrogens with zero attached hydrogens (tertiary/aromatic N) is 4. The Bertz CT molecular complexity index is 977. The highest BCUT2D eigenvalue weighted by Gasteiger charge is 2.34. The fourth-order valence-corrected chi connectivity index (χ4v) is 2.84. The van der Waals surface area contributed by atoms with Gasteiger partial charge in [-0.1, -0.05) is 29.8 Å². The van der Waals surface area contributed by atoms with Gasteiger partial charge in [-0.3, -0.25) is 10.1 Å². The molecular weight excluding hydrogens is 381 g/mol. The van der Waals surface area contributed by atoms with E-state index in [2.05, 4.69) is 15.0 Å². The minimum absolute atomic E-state index is 0.127. The smallest absolute Gasteiger partial charge is 0.258 e. The van der Waals surface area contributed by atoms with Gasteiger partial charge < -0.3 is 0 Å². The van der Waals surface area contributed by atoms with Crippen molar-refractivity contribution in [3.05, 3.63) is 70.0 Å². The number of rotatable bonds is 4. The van der Waals surface area contributed by atoms with Gasteiger partial charge >= 0.3 is 6.18 Å². The van der Waals surface area contributed by atoms with Crippen LogP contribution in [-0.4, -0.2) is 19.9 Å². The van der Waals surface area contributed by atoms with Gasteiger partial charge in [0, 0.05) is 11.6 Å². The van der Waals surface area contributed by atoms with Crippen LogP contribution in [0.25, 0.3) is 11.3 Å². The molecule has 0 saturated carbocycles. The second-order valence-corrected chi connectivity index (χ2v) is 6.49. The second-order valence-electron chi connectivity index (χ2n) is 5.50. The number of alkyl halides is 3. The molecular formula is C17H11F3N4O2S. The van der Waals surface area contributed by atoms with Crippen molar-refractivity contribution in [2.24, 2.45) is 0 Å². The van der Waals surface area contributed by atoms with Gasteiger partial charge in [0.05, 0.1) is 10.6 Å². The van der Waals surface area contributed by atoms with E-state index in [0.717, 1.165) is 29.6 Å². The Morgan fingerprint density at radius 1 is 1.07 bits per heavy atom. The summed E-state index contributed by atoms with van der Waals surface area (Å²) in [6.07, 6.45) is -3.61. The number of aryl methyl sites for hydroxylation is 1. The number of hydrogen-bond acceptors (Lipinski definition) is 6. The Morgan fingerprint density at radius 3 is 2.33 bits per heavy atom. The molecule has 0 aliphatic heterocycles. The summed E-state index contributed by atoms with van der Waals surface area (Å²) in [5, 5.41) is 10.8. The summed E-state index contributed by atoms with van der Waals surface area (Å²) in [6, 6.07) is 10.3. The van der Waals surface area contributed by atoms with E-state index in [1.54, 1.807) is 24.3 Å². The summed E-state index contributed by atoms with van der Waals surface area (Å²) in [7, 11) is 0. The molecule has 2 aromatic heterocycles. The van der Waals surface area contributed by atoms with Crippen molar-refractivity contribution in [3.63, 3.8) is 0 Å². The molecule has 0 unspecified atom stereocenters. The Hall–Kier alpha value is -3.01. The molecule has 0 amide bonds. The highest BCUT2D eigenvalue weighted by atomic mass is 32.2. The van der Waals surface area contributed by atoms with Gasteiger partial charge in [0.15, 0.2) is 5.16 Å². The van der Waals surface area contributed by atoms with Crippen LogP contribution in [-0.2, 0) is 6.18 Å². The van der Waals surface area contributed by atoms with Crippen molar-refractivity contribution < 1.29 is 18.1 Å². The second kappa shape index (κ2) is 7.31. The maximum atomic E-state index is 13.2. The van der Waals surface area contributed by atoms with Crippen LogP contribution in [0.5, 0.6) is 0 Å². The Kier molecular flexibility index (Phi) is 5.08. The number of pyridine rings is 1. The fraction of sp³-hybridized carbons (Fsp3) is 0.118. The van der Waals surface area contributed by atoms with E-state index >= 15 is 0 Å². The summed E-state index contributed by atoms with van der Waals surface area (Å²) in [5.41, 5.74) is 0.324. The monoisotopic (exact) mass is 392 g/mol. The van der Waals surface area contributed by atoms with Crippen molar-refractivity contribution >= 4 is 17.4 Å². The minimum atomic E-state index is -4.64. The van der Waals surface area contributed by atoms with Crippen LogP contribution in [0.15, 0.2) is 58.8 Å². The van der Waals surface area contributed by atoms with E-state index in [1.807, 2.05) is 6.92 Å². The van der Waals surface area contributed by atoms with Gasteiger partial charge in [0.2, 0.25) is 0 Å². The molecule has 0 atom stereocenters. The number of nitro groups is 1. The predicted octanol–water partition coefficient (Wildman–Crippen LogP) is 4.93. The van der Waals surface area contributed by atoms with Gasteiger partial charge in [0.25, 0.3) is 5.69 Å². The Morgan fingerprint density at radius 2 is 1.78 bits per heavy atom. The summed E-state index contributed by atoms with van der Waals surface area (Å²) < 4.78 is 39.7. The lowest BCUT2D eigenvalue weighted by atomic mass is 10.1. The first-order valence-electron chi connectivity index (χ1n) is 7.54. The SMILES string of the molecule is Cc1ccc(-c2cc(C(F)(F)F)nc(Sc3ccc([N+](=O)[O-])cn3)n2)cc1. The zero-order valence-electron chi connectivity index (χ0n) is 13.8. The highest BCUT2D eigenvalue weighted by Crippen LogP contribution is 2.33. The number of aromatic nitrogens is 3. The molecule has 1 aromatic carbocycles. The predicted molar refractivity (Wildman–Crippen MR) is 92.2 cm³/mol. The van der Waals surface area contributed by atoms with Crippen molar-refractivity contribution in [2.45, 2.75) is 23.3 Å². The third-order valence-corrected chi connectivity index (χ3v) is 4.29. The average molecular weight is 392 g/mol. The molecule has 0 fully saturated rings. The number of benzene rings is 1. The molecule has 0 radical (unpaired) electrons. The van der Waals surface area contributed by atoms with Crippen LogP contribution in [0.3, 0.4) is 0 Å². The Balaban J connectivity index is 1.99. The average Bonchev–Trinajstić information content (AvgIpc) is 2.62. The molecule has 10 heteroatoms. The first-order valence-corrected chi connectivity index (χ1v) is 8.35. The zero-order chi connectivity index (χ0) is 19.6. The molecule has 27 heavy (non-hydrogen) atoms. The molecule has 2 heterocycles. The van der Waals surface area contributed by atoms with E-state index in [0.29, 0.717) is 5.56 Å². The van der Waals surface area contributed by atoms with E-state index in [1.165, 1.54) is 12.1 Å². The van der Waals surface area contributed by atoms with Crippen molar-refractivity contribution in [3.8, 4) is 11.3 Å². The summed E-state index contributed by atoms with van der Waals surface area (Å²) in [4.78, 5) is 21.6. The molecule has 3 rings (SSSR count). The van der Waals surface area contributed by atoms with Gasteiger partial charge in [-0.05, 0) is 30.8 Å². The third kappa shape index (κ3) is 4.59. The maximum absolute atomic E-state index is 13.2. The van der Waals surface area contributed by atoms with E-state index in [-0.39, 0.29) is 21.6 Å². The van der Waals surface area contributed by atoms with Gasteiger partial charge in [0.1, 0.15) is 16.9 Å². The van der Waals surface area contributed by atoms with E-state index in [4.69, 9.17) is 0 Å². The molecule has 0 N–H and O–H groups in total. The van der Waals surface area contributed by atoms with Gasteiger partial charge in [-0.2, -0.15) is 13.2 Å². The lowest BCUT2D eigenvalue weighted by molar-refractivity contribution is -0.385. The normalized spacial score (nSPS) is 11.4. The molecule has 0 aliphatic rings. The van der Waals surface area contributed by atoms with E-state index < -0.39 is 16.8 Å².